The highest BCUT2D eigenvalue weighted by Gasteiger charge is 2.37. The van der Waals surface area contributed by atoms with Crippen molar-refractivity contribution < 1.29 is 19.5 Å². The lowest BCUT2D eigenvalue weighted by atomic mass is 10.2. The van der Waals surface area contributed by atoms with Crippen LogP contribution in [0.25, 0.3) is 0 Å². The number of nitrogens with one attached hydrogen (secondary N) is 3. The number of hydrogen-bond acceptors (Lipinski definition) is 3. The molecule has 0 aromatic heterocycles. The number of amides is 3. The molecule has 1 rings (SSSR count). The average molecular weight is 257 g/mol. The highest BCUT2D eigenvalue weighted by molar-refractivity contribution is 5.86. The van der Waals surface area contributed by atoms with Gasteiger partial charge in [0.25, 0.3) is 0 Å². The summed E-state index contributed by atoms with van der Waals surface area (Å²) in [6, 6.07) is -0.170. The van der Waals surface area contributed by atoms with Gasteiger partial charge in [-0.15, -0.1) is 0 Å². The third-order valence-electron chi connectivity index (χ3n) is 2.74. The minimum absolute atomic E-state index is 0.215. The molecule has 7 nitrogen and oxygen atoms in total. The zero-order valence-corrected chi connectivity index (χ0v) is 10.4. The molecule has 102 valence electrons. The maximum atomic E-state index is 11.4. The van der Waals surface area contributed by atoms with Gasteiger partial charge in [-0.3, -0.25) is 9.59 Å². The van der Waals surface area contributed by atoms with Gasteiger partial charge in [0.2, 0.25) is 5.91 Å². The second-order valence-electron chi connectivity index (χ2n) is 4.39. The Morgan fingerprint density at radius 1 is 1.22 bits per heavy atom. The summed E-state index contributed by atoms with van der Waals surface area (Å²) in [6.07, 6.45) is 3.19. The lowest BCUT2D eigenvalue weighted by Gasteiger charge is -2.07. The van der Waals surface area contributed by atoms with Crippen LogP contribution in [0.5, 0.6) is 0 Å². The monoisotopic (exact) mass is 257 g/mol. The Labute approximate surface area is 105 Å². The van der Waals surface area contributed by atoms with Crippen molar-refractivity contribution in [2.75, 3.05) is 13.1 Å². The van der Waals surface area contributed by atoms with Crippen LogP contribution in [0.3, 0.4) is 0 Å². The van der Waals surface area contributed by atoms with E-state index in [4.69, 9.17) is 5.11 Å². The first-order valence-electron chi connectivity index (χ1n) is 6.05. The highest BCUT2D eigenvalue weighted by Crippen LogP contribution is 2.34. The number of carbonyl (C=O) groups is 3. The number of aliphatic carboxylic acids is 1. The van der Waals surface area contributed by atoms with Gasteiger partial charge in [0.1, 0.15) is 6.54 Å². The molecule has 0 bridgehead atoms. The minimum Gasteiger partial charge on any atom is -0.480 e. The molecule has 0 aromatic rings. The second-order valence-corrected chi connectivity index (χ2v) is 4.39. The van der Waals surface area contributed by atoms with Gasteiger partial charge in [-0.2, -0.15) is 0 Å². The predicted octanol–water partition coefficient (Wildman–Crippen LogP) is -0.325. The Kier molecular flexibility index (Phi) is 5.41. The number of hydrogen-bond donors (Lipinski definition) is 4. The van der Waals surface area contributed by atoms with Crippen LogP contribution in [-0.2, 0) is 9.59 Å². The molecule has 1 saturated carbocycles. The first-order chi connectivity index (χ1) is 8.52. The number of urea groups is 1. The molecule has 0 aliphatic heterocycles. The van der Waals surface area contributed by atoms with E-state index in [0.717, 1.165) is 19.3 Å². The van der Waals surface area contributed by atoms with Crippen LogP contribution in [0.2, 0.25) is 0 Å². The van der Waals surface area contributed by atoms with Gasteiger partial charge in [0, 0.05) is 6.04 Å². The summed E-state index contributed by atoms with van der Waals surface area (Å²) in [6.45, 7) is 1.44. The summed E-state index contributed by atoms with van der Waals surface area (Å²) in [4.78, 5) is 32.6. The Balaban J connectivity index is 2.07. The smallest absolute Gasteiger partial charge is 0.322 e. The topological polar surface area (TPSA) is 108 Å². The summed E-state index contributed by atoms with van der Waals surface area (Å²) >= 11 is 0. The molecule has 2 atom stereocenters. The van der Waals surface area contributed by atoms with Crippen molar-refractivity contribution in [2.24, 2.45) is 5.92 Å². The number of carbonyl (C=O) groups excluding carboxylic acids is 2. The standard InChI is InChI=1S/C11H19N3O4/c1-2-3-7-4-8(7)14-11(18)13-5-9(15)12-6-10(16)17/h7-8H,2-6H2,1H3,(H,12,15)(H,16,17)(H2,13,14,18). The minimum atomic E-state index is -1.12. The van der Waals surface area contributed by atoms with Crippen molar-refractivity contribution in [3.63, 3.8) is 0 Å². The fourth-order valence-corrected chi connectivity index (χ4v) is 1.73. The van der Waals surface area contributed by atoms with Crippen LogP contribution in [0.4, 0.5) is 4.79 Å². The van der Waals surface area contributed by atoms with E-state index >= 15 is 0 Å². The maximum absolute atomic E-state index is 11.4. The van der Waals surface area contributed by atoms with Gasteiger partial charge >= 0.3 is 12.0 Å². The van der Waals surface area contributed by atoms with Gasteiger partial charge in [-0.25, -0.2) is 4.79 Å². The van der Waals surface area contributed by atoms with Gasteiger partial charge in [0.15, 0.2) is 0 Å². The molecule has 18 heavy (non-hydrogen) atoms. The first kappa shape index (κ1) is 14.3. The number of rotatable bonds is 7. The van der Waals surface area contributed by atoms with E-state index in [2.05, 4.69) is 22.9 Å². The van der Waals surface area contributed by atoms with Crippen molar-refractivity contribution in [3.8, 4) is 0 Å². The Bertz CT molecular complexity index is 332. The molecule has 7 heteroatoms. The molecule has 0 heterocycles. The lowest BCUT2D eigenvalue weighted by Crippen LogP contribution is -2.44. The van der Waals surface area contributed by atoms with Crippen LogP contribution in [0, 0.1) is 5.92 Å². The Morgan fingerprint density at radius 2 is 1.94 bits per heavy atom. The number of carboxylic acids is 1. The molecule has 0 saturated heterocycles. The summed E-state index contributed by atoms with van der Waals surface area (Å²) in [7, 11) is 0. The quantitative estimate of drug-likeness (QED) is 0.501. The fraction of sp³-hybridized carbons (Fsp3) is 0.727. The van der Waals surface area contributed by atoms with Crippen LogP contribution in [0.15, 0.2) is 0 Å². The molecule has 3 amide bonds. The molecule has 1 aliphatic carbocycles. The zero-order chi connectivity index (χ0) is 13.5. The van der Waals surface area contributed by atoms with E-state index in [1.54, 1.807) is 0 Å². The fourth-order valence-electron chi connectivity index (χ4n) is 1.73. The van der Waals surface area contributed by atoms with Crippen molar-refractivity contribution >= 4 is 17.9 Å². The third kappa shape index (κ3) is 5.51. The molecule has 1 fully saturated rings. The number of carboxylic acid groups (broad SMARTS) is 1. The second kappa shape index (κ2) is 6.83. The SMILES string of the molecule is CCCC1CC1NC(=O)NCC(=O)NCC(=O)O. The van der Waals surface area contributed by atoms with Crippen molar-refractivity contribution in [1.29, 1.82) is 0 Å². The molecular weight excluding hydrogens is 238 g/mol. The van der Waals surface area contributed by atoms with Crippen LogP contribution >= 0.6 is 0 Å². The van der Waals surface area contributed by atoms with Gasteiger partial charge in [-0.1, -0.05) is 13.3 Å². The van der Waals surface area contributed by atoms with Gasteiger partial charge in [0.05, 0.1) is 6.54 Å². The summed E-state index contributed by atoms with van der Waals surface area (Å²) < 4.78 is 0. The lowest BCUT2D eigenvalue weighted by molar-refractivity contribution is -0.137. The van der Waals surface area contributed by atoms with Crippen LogP contribution in [0.1, 0.15) is 26.2 Å². The predicted molar refractivity (Wildman–Crippen MR) is 64.0 cm³/mol. The zero-order valence-electron chi connectivity index (χ0n) is 10.4. The first-order valence-corrected chi connectivity index (χ1v) is 6.05. The van der Waals surface area contributed by atoms with Crippen LogP contribution < -0.4 is 16.0 Å². The molecule has 1 aliphatic rings. The normalized spacial score (nSPS) is 20.9. The van der Waals surface area contributed by atoms with Crippen molar-refractivity contribution in [3.05, 3.63) is 0 Å². The summed E-state index contributed by atoms with van der Waals surface area (Å²) in [5.41, 5.74) is 0. The maximum Gasteiger partial charge on any atom is 0.322 e. The van der Waals surface area contributed by atoms with E-state index in [0.29, 0.717) is 5.92 Å². The molecule has 0 aromatic carbocycles. The highest BCUT2D eigenvalue weighted by atomic mass is 16.4. The van der Waals surface area contributed by atoms with Gasteiger partial charge < -0.3 is 21.1 Å². The molecule has 0 radical (unpaired) electrons. The third-order valence-corrected chi connectivity index (χ3v) is 2.74. The van der Waals surface area contributed by atoms with E-state index in [1.807, 2.05) is 0 Å². The van der Waals surface area contributed by atoms with Crippen LogP contribution in [-0.4, -0.2) is 42.1 Å². The van der Waals surface area contributed by atoms with Gasteiger partial charge in [-0.05, 0) is 18.8 Å². The molecule has 2 unspecified atom stereocenters. The van der Waals surface area contributed by atoms with E-state index in [1.165, 1.54) is 0 Å². The Hall–Kier alpha value is -1.79. The summed E-state index contributed by atoms with van der Waals surface area (Å²) in [5.74, 6) is -1.08. The van der Waals surface area contributed by atoms with Crippen molar-refractivity contribution in [2.45, 2.75) is 32.2 Å². The average Bonchev–Trinajstić information content (AvgIpc) is 3.02. The van der Waals surface area contributed by atoms with E-state index < -0.39 is 18.4 Å². The summed E-state index contributed by atoms with van der Waals surface area (Å²) in [5, 5.41) is 15.6. The van der Waals surface area contributed by atoms with E-state index in [-0.39, 0.29) is 18.6 Å². The molecular formula is C11H19N3O4. The molecule has 4 N–H and O–H groups in total. The van der Waals surface area contributed by atoms with E-state index in [9.17, 15) is 14.4 Å². The largest absolute Gasteiger partial charge is 0.480 e. The van der Waals surface area contributed by atoms with Crippen molar-refractivity contribution in [1.82, 2.24) is 16.0 Å². The Morgan fingerprint density at radius 3 is 2.56 bits per heavy atom. The molecule has 0 spiro atoms.